The lowest BCUT2D eigenvalue weighted by Gasteiger charge is -2.12. The molecule has 0 radical (unpaired) electrons. The Hall–Kier alpha value is -2.37. The highest BCUT2D eigenvalue weighted by atomic mass is 32.2. The molecule has 1 aromatic rings. The number of nitro benzene ring substituents is 1. The first-order valence-electron chi connectivity index (χ1n) is 6.96. The van der Waals surface area contributed by atoms with E-state index in [1.165, 1.54) is 0 Å². The van der Waals surface area contributed by atoms with Crippen LogP contribution in [0.2, 0.25) is 0 Å². The molecule has 0 spiro atoms. The van der Waals surface area contributed by atoms with Gasteiger partial charge >= 0.3 is 11.9 Å². The molecular weight excluding hydrogens is 369 g/mol. The van der Waals surface area contributed by atoms with Gasteiger partial charge in [-0.15, -0.1) is 0 Å². The number of ether oxygens (including phenoxy) is 1. The van der Waals surface area contributed by atoms with Gasteiger partial charge in [-0.1, -0.05) is 0 Å². The van der Waals surface area contributed by atoms with Crippen molar-refractivity contribution < 1.29 is 36.0 Å². The first-order valence-corrected chi connectivity index (χ1v) is 8.78. The molecule has 0 aromatic heterocycles. The summed E-state index contributed by atoms with van der Waals surface area (Å²) in [4.78, 5) is 21.5. The van der Waals surface area contributed by atoms with Gasteiger partial charge in [0.15, 0.2) is 22.2 Å². The molecular formula is C13H13F3N2O6S. The lowest BCUT2D eigenvalue weighted by atomic mass is 10.2. The molecule has 1 fully saturated rings. The normalized spacial score (nSPS) is 19.4. The number of hydrogen-bond acceptors (Lipinski definition) is 6. The molecule has 1 aliphatic rings. The maximum atomic E-state index is 12.6. The van der Waals surface area contributed by atoms with Gasteiger partial charge in [-0.25, -0.2) is 8.42 Å². The van der Waals surface area contributed by atoms with E-state index < -0.39 is 56.5 Å². The van der Waals surface area contributed by atoms with Crippen LogP contribution in [-0.4, -0.2) is 43.4 Å². The smallest absolute Gasteiger partial charge is 0.416 e. The second-order valence-electron chi connectivity index (χ2n) is 5.39. The second-order valence-corrected chi connectivity index (χ2v) is 7.62. The van der Waals surface area contributed by atoms with Crippen molar-refractivity contribution in [3.63, 3.8) is 0 Å². The Balaban J connectivity index is 2.02. The van der Waals surface area contributed by atoms with E-state index in [4.69, 9.17) is 4.74 Å². The summed E-state index contributed by atoms with van der Waals surface area (Å²) in [6.07, 6.45) is -4.51. The minimum Gasteiger partial charge on any atom is -0.477 e. The van der Waals surface area contributed by atoms with E-state index >= 15 is 0 Å². The number of benzene rings is 1. The Morgan fingerprint density at radius 3 is 2.60 bits per heavy atom. The number of halogens is 3. The Morgan fingerprint density at radius 1 is 1.40 bits per heavy atom. The van der Waals surface area contributed by atoms with Crippen LogP contribution in [0, 0.1) is 10.1 Å². The molecule has 12 heteroatoms. The predicted molar refractivity (Wildman–Crippen MR) is 78.8 cm³/mol. The van der Waals surface area contributed by atoms with E-state index in [0.29, 0.717) is 12.1 Å². The van der Waals surface area contributed by atoms with Crippen LogP contribution in [0.1, 0.15) is 12.0 Å². The van der Waals surface area contributed by atoms with Gasteiger partial charge in [0.05, 0.1) is 22.0 Å². The van der Waals surface area contributed by atoms with Gasteiger partial charge in [-0.3, -0.25) is 14.9 Å². The van der Waals surface area contributed by atoms with E-state index in [-0.39, 0.29) is 17.9 Å². The number of carbonyl (C=O) groups is 1. The van der Waals surface area contributed by atoms with Crippen molar-refractivity contribution in [2.45, 2.75) is 18.6 Å². The minimum atomic E-state index is -4.76. The van der Waals surface area contributed by atoms with Crippen LogP contribution in [0.5, 0.6) is 5.75 Å². The molecule has 0 bridgehead atoms. The summed E-state index contributed by atoms with van der Waals surface area (Å²) >= 11 is 0. The van der Waals surface area contributed by atoms with Gasteiger partial charge in [0, 0.05) is 12.1 Å². The molecule has 1 N–H and O–H groups in total. The molecule has 0 saturated carbocycles. The quantitative estimate of drug-likeness (QED) is 0.606. The van der Waals surface area contributed by atoms with Crippen molar-refractivity contribution in [1.29, 1.82) is 0 Å². The summed E-state index contributed by atoms with van der Waals surface area (Å²) in [5.74, 6) is -1.48. The number of nitrogens with zero attached hydrogens (tertiary/aromatic N) is 1. The molecule has 2 rings (SSSR count). The lowest BCUT2D eigenvalue weighted by molar-refractivity contribution is -0.386. The summed E-state index contributed by atoms with van der Waals surface area (Å²) in [5, 5.41) is 13.3. The first kappa shape index (κ1) is 19.0. The Kier molecular flexibility index (Phi) is 5.20. The third kappa shape index (κ3) is 5.05. The fraction of sp³-hybridized carbons (Fsp3) is 0.462. The standard InChI is InChI=1S/C13H13F3N2O6S/c14-13(15,16)8-1-2-11(10(5-8)18(20)21)24-6-12(19)17-9-3-4-25(22,23)7-9/h1-2,5,9H,3-4,6-7H2,(H,17,19)/t9-/m1/s1. The van der Waals surface area contributed by atoms with Crippen molar-refractivity contribution in [3.05, 3.63) is 33.9 Å². The average Bonchev–Trinajstić information content (AvgIpc) is 2.82. The number of amides is 1. The maximum Gasteiger partial charge on any atom is 0.416 e. The zero-order valence-electron chi connectivity index (χ0n) is 12.6. The molecule has 138 valence electrons. The molecule has 0 aliphatic carbocycles. The van der Waals surface area contributed by atoms with Crippen molar-refractivity contribution in [1.82, 2.24) is 5.32 Å². The van der Waals surface area contributed by atoms with Gasteiger partial charge in [0.1, 0.15) is 0 Å². The molecule has 1 aliphatic heterocycles. The minimum absolute atomic E-state index is 0.0524. The van der Waals surface area contributed by atoms with Crippen molar-refractivity contribution >= 4 is 21.4 Å². The molecule has 1 aromatic carbocycles. The van der Waals surface area contributed by atoms with Gasteiger partial charge in [0.2, 0.25) is 0 Å². The third-order valence-electron chi connectivity index (χ3n) is 3.44. The Morgan fingerprint density at radius 2 is 2.08 bits per heavy atom. The second kappa shape index (κ2) is 6.86. The van der Waals surface area contributed by atoms with Crippen LogP contribution in [0.3, 0.4) is 0 Å². The van der Waals surface area contributed by atoms with E-state index in [2.05, 4.69) is 5.32 Å². The number of nitro groups is 1. The van der Waals surface area contributed by atoms with Crippen LogP contribution in [0.15, 0.2) is 18.2 Å². The topological polar surface area (TPSA) is 116 Å². The summed E-state index contributed by atoms with van der Waals surface area (Å²) in [6, 6.07) is 1.10. The number of hydrogen-bond donors (Lipinski definition) is 1. The summed E-state index contributed by atoms with van der Waals surface area (Å²) in [5.41, 5.74) is -2.14. The zero-order chi connectivity index (χ0) is 18.8. The largest absolute Gasteiger partial charge is 0.477 e. The Labute approximate surface area is 140 Å². The Bertz CT molecular complexity index is 793. The van der Waals surface area contributed by atoms with Gasteiger partial charge < -0.3 is 10.1 Å². The van der Waals surface area contributed by atoms with Gasteiger partial charge in [-0.2, -0.15) is 13.2 Å². The SMILES string of the molecule is O=C(COc1ccc(C(F)(F)F)cc1[N+](=O)[O-])N[C@@H]1CCS(=O)(=O)C1. The molecule has 0 unspecified atom stereocenters. The number of nitrogens with one attached hydrogen (secondary N) is 1. The highest BCUT2D eigenvalue weighted by Crippen LogP contribution is 2.35. The number of carbonyl (C=O) groups excluding carboxylic acids is 1. The fourth-order valence-corrected chi connectivity index (χ4v) is 3.95. The molecule has 25 heavy (non-hydrogen) atoms. The van der Waals surface area contributed by atoms with E-state index in [0.717, 1.165) is 6.07 Å². The molecule has 8 nitrogen and oxygen atoms in total. The van der Waals surface area contributed by atoms with Crippen molar-refractivity contribution in [2.75, 3.05) is 18.1 Å². The summed E-state index contributed by atoms with van der Waals surface area (Å²) in [7, 11) is -3.20. The van der Waals surface area contributed by atoms with Crippen molar-refractivity contribution in [3.8, 4) is 5.75 Å². The van der Waals surface area contributed by atoms with Gasteiger partial charge in [0.25, 0.3) is 5.91 Å². The number of sulfone groups is 1. The monoisotopic (exact) mass is 382 g/mol. The average molecular weight is 382 g/mol. The van der Waals surface area contributed by atoms with Gasteiger partial charge in [-0.05, 0) is 18.6 Å². The highest BCUT2D eigenvalue weighted by molar-refractivity contribution is 7.91. The molecule has 1 atom stereocenters. The zero-order valence-corrected chi connectivity index (χ0v) is 13.4. The maximum absolute atomic E-state index is 12.6. The fourth-order valence-electron chi connectivity index (χ4n) is 2.28. The number of alkyl halides is 3. The van der Waals surface area contributed by atoms with E-state index in [1.807, 2.05) is 0 Å². The highest BCUT2D eigenvalue weighted by Gasteiger charge is 2.33. The predicted octanol–water partition coefficient (Wildman–Crippen LogP) is 1.30. The van der Waals surface area contributed by atoms with Crippen LogP contribution in [0.4, 0.5) is 18.9 Å². The van der Waals surface area contributed by atoms with Crippen LogP contribution in [0.25, 0.3) is 0 Å². The lowest BCUT2D eigenvalue weighted by Crippen LogP contribution is -2.38. The van der Waals surface area contributed by atoms with Crippen LogP contribution in [-0.2, 0) is 20.8 Å². The van der Waals surface area contributed by atoms with E-state index in [1.54, 1.807) is 0 Å². The summed E-state index contributed by atoms with van der Waals surface area (Å²) < 4.78 is 65.3. The van der Waals surface area contributed by atoms with Crippen molar-refractivity contribution in [2.24, 2.45) is 0 Å². The van der Waals surface area contributed by atoms with E-state index in [9.17, 15) is 36.5 Å². The molecule has 1 heterocycles. The first-order chi connectivity index (χ1) is 11.5. The van der Waals surface area contributed by atoms with Crippen LogP contribution < -0.4 is 10.1 Å². The summed E-state index contributed by atoms with van der Waals surface area (Å²) in [6.45, 7) is -0.692. The third-order valence-corrected chi connectivity index (χ3v) is 5.21. The molecule has 1 amide bonds. The van der Waals surface area contributed by atoms with Crippen LogP contribution >= 0.6 is 0 Å². The molecule has 1 saturated heterocycles. The number of rotatable bonds is 5.